The van der Waals surface area contributed by atoms with Crippen molar-refractivity contribution in [1.29, 1.82) is 10.5 Å². The molecule has 0 heterocycles. The molecule has 0 bridgehead atoms. The summed E-state index contributed by atoms with van der Waals surface area (Å²) in [5.74, 6) is -6.78. The van der Waals surface area contributed by atoms with E-state index in [1.807, 2.05) is 12.1 Å². The number of methoxy groups -OCH3 is 2. The van der Waals surface area contributed by atoms with Crippen LogP contribution in [0.3, 0.4) is 0 Å². The molecule has 5 rings (SSSR count). The van der Waals surface area contributed by atoms with Crippen molar-refractivity contribution in [2.75, 3.05) is 35.5 Å². The van der Waals surface area contributed by atoms with E-state index in [9.17, 15) is 49.3 Å². The highest BCUT2D eigenvalue weighted by Crippen LogP contribution is 2.40. The Morgan fingerprint density at radius 2 is 1.03 bits per heavy atom. The van der Waals surface area contributed by atoms with Gasteiger partial charge in [0.15, 0.2) is 23.0 Å². The minimum Gasteiger partial charge on any atom is -0.504 e. The fourth-order valence-electron chi connectivity index (χ4n) is 5.57. The molecule has 0 aliphatic carbocycles. The molecule has 0 fully saturated rings. The van der Waals surface area contributed by atoms with E-state index in [-0.39, 0.29) is 51.7 Å². The molecule has 0 radical (unpaired) electrons. The van der Waals surface area contributed by atoms with Gasteiger partial charge < -0.3 is 51.4 Å². The number of nitrogens with zero attached hydrogens (tertiary/aromatic N) is 2. The first kappa shape index (κ1) is 42.2. The summed E-state index contributed by atoms with van der Waals surface area (Å²) in [6.07, 6.45) is -0.371. The number of carbonyl (C=O) groups is 6. The lowest BCUT2D eigenvalue weighted by Crippen LogP contribution is -2.43. The first-order valence-electron chi connectivity index (χ1n) is 17.4. The van der Waals surface area contributed by atoms with Crippen LogP contribution in [0.15, 0.2) is 97.1 Å². The van der Waals surface area contributed by atoms with Crippen LogP contribution in [0.25, 0.3) is 0 Å². The van der Waals surface area contributed by atoms with Gasteiger partial charge in [-0.2, -0.15) is 10.5 Å². The Morgan fingerprint density at radius 1 is 0.583 bits per heavy atom. The lowest BCUT2D eigenvalue weighted by atomic mass is 10.1. The number of ether oxygens (including phenoxy) is 2. The molecular weight excluding hydrogens is 778 g/mol. The Morgan fingerprint density at radius 3 is 1.53 bits per heavy atom. The van der Waals surface area contributed by atoms with Crippen LogP contribution in [0.2, 0.25) is 0 Å². The maximum Gasteiger partial charge on any atom is 0.339 e. The molecule has 5 aromatic carbocycles. The van der Waals surface area contributed by atoms with E-state index in [1.165, 1.54) is 98.1 Å². The second kappa shape index (κ2) is 18.8. The zero-order valence-corrected chi connectivity index (χ0v) is 31.5. The summed E-state index contributed by atoms with van der Waals surface area (Å²) in [5.41, 5.74) is 0.696. The fraction of sp³-hybridized carbons (Fsp3) is 0.0952. The first-order chi connectivity index (χ1) is 28.8. The summed E-state index contributed by atoms with van der Waals surface area (Å²) < 4.78 is 10.3. The Balaban J connectivity index is 1.19. The number of phenolic OH excluding ortho intramolecular Hbond substituents is 1. The predicted octanol–water partition coefficient (Wildman–Crippen LogP) is 5.09. The molecule has 18 nitrogen and oxygen atoms in total. The van der Waals surface area contributed by atoms with Crippen molar-refractivity contribution < 1.29 is 53.6 Å². The lowest BCUT2D eigenvalue weighted by Gasteiger charge is -2.17. The third-order valence-electron chi connectivity index (χ3n) is 8.66. The fourth-order valence-corrected chi connectivity index (χ4v) is 5.57. The minimum absolute atomic E-state index is 0.0208. The molecule has 0 unspecified atom stereocenters. The van der Waals surface area contributed by atoms with Gasteiger partial charge in [0.05, 0.1) is 55.3 Å². The van der Waals surface area contributed by atoms with Crippen LogP contribution in [-0.4, -0.2) is 71.1 Å². The highest BCUT2D eigenvalue weighted by Gasteiger charge is 2.25. The highest BCUT2D eigenvalue weighted by molar-refractivity contribution is 6.10. The third-order valence-corrected chi connectivity index (χ3v) is 8.66. The van der Waals surface area contributed by atoms with Gasteiger partial charge in [0.25, 0.3) is 23.6 Å². The number of carboxylic acids is 1. The maximum absolute atomic E-state index is 13.2. The number of anilines is 4. The number of benzene rings is 5. The number of nitriles is 2. The van der Waals surface area contributed by atoms with Gasteiger partial charge in [0.1, 0.15) is 11.6 Å². The number of aromatic hydroxyl groups is 2. The largest absolute Gasteiger partial charge is 0.504 e. The van der Waals surface area contributed by atoms with Gasteiger partial charge in [-0.3, -0.25) is 24.0 Å². The first-order valence-corrected chi connectivity index (χ1v) is 17.4. The molecule has 1 atom stereocenters. The summed E-state index contributed by atoms with van der Waals surface area (Å²) in [7, 11) is 2.35. The van der Waals surface area contributed by atoms with Gasteiger partial charge in [-0.25, -0.2) is 4.79 Å². The van der Waals surface area contributed by atoms with E-state index in [2.05, 4.69) is 26.6 Å². The Kier molecular flexibility index (Phi) is 13.3. The van der Waals surface area contributed by atoms with Gasteiger partial charge in [-0.15, -0.1) is 0 Å². The van der Waals surface area contributed by atoms with Gasteiger partial charge in [-0.1, -0.05) is 0 Å². The molecule has 0 aromatic heterocycles. The average Bonchev–Trinajstić information content (AvgIpc) is 3.24. The van der Waals surface area contributed by atoms with Crippen LogP contribution in [0.1, 0.15) is 63.8 Å². The smallest absolute Gasteiger partial charge is 0.339 e. The summed E-state index contributed by atoms with van der Waals surface area (Å²) in [6, 6.07) is 24.7. The molecule has 0 saturated carbocycles. The number of rotatable bonds is 14. The van der Waals surface area contributed by atoms with Crippen LogP contribution >= 0.6 is 0 Å². The Hall–Kier alpha value is -8.90. The van der Waals surface area contributed by atoms with Crippen LogP contribution in [0, 0.1) is 22.7 Å². The van der Waals surface area contributed by atoms with Crippen molar-refractivity contribution >= 4 is 58.3 Å². The number of aromatic carboxylic acids is 1. The van der Waals surface area contributed by atoms with E-state index >= 15 is 0 Å². The second-order valence-corrected chi connectivity index (χ2v) is 12.5. The zero-order valence-electron chi connectivity index (χ0n) is 31.5. The SMILES string of the molecule is COc1c(NC(=O)c2ccc(NC(=O)c3ccc(NC(=O)[C@H](CC#N)NC(=O)c4ccc(NC(=O)c5ccc(C#N)cc5)cc4)cc3)c(OC)c2O)ccc(C(=O)O)c1O. The molecule has 8 N–H and O–H groups in total. The monoisotopic (exact) mass is 811 g/mol. The Labute approximate surface area is 340 Å². The molecule has 0 saturated heterocycles. The van der Waals surface area contributed by atoms with E-state index in [1.54, 1.807) is 0 Å². The molecule has 0 aliphatic heterocycles. The summed E-state index contributed by atoms with van der Waals surface area (Å²) in [5, 5.41) is 61.5. The van der Waals surface area contributed by atoms with Crippen LogP contribution < -0.4 is 36.1 Å². The molecule has 5 amide bonds. The van der Waals surface area contributed by atoms with Gasteiger partial charge in [0.2, 0.25) is 5.91 Å². The van der Waals surface area contributed by atoms with Crippen molar-refractivity contribution in [3.8, 4) is 35.1 Å². The number of hydrogen-bond acceptors (Lipinski definition) is 12. The predicted molar refractivity (Wildman–Crippen MR) is 214 cm³/mol. The van der Waals surface area contributed by atoms with Gasteiger partial charge in [-0.05, 0) is 97.1 Å². The second-order valence-electron chi connectivity index (χ2n) is 12.5. The van der Waals surface area contributed by atoms with Gasteiger partial charge >= 0.3 is 5.97 Å². The quantitative estimate of drug-likeness (QED) is 0.0726. The minimum atomic E-state index is -1.43. The normalized spacial score (nSPS) is 10.7. The number of carboxylic acid groups (broad SMARTS) is 1. The standard InChI is InChI=1S/C42H33N7O11/c1-59-35-30(17-15-28(33(35)50)40(55)48-31-18-16-29(42(57)58)34(51)36(31)60-2)47-38(53)24-9-13-27(14-10-24)46-41(56)32(19-20-43)49-39(54)25-7-11-26(12-8-25)45-37(52)23-5-3-22(21-44)4-6-23/h3-18,32,50-51H,19H2,1-2H3,(H,45,52)(H,46,56)(H,47,53)(H,48,55)(H,49,54)(H,57,58)/t32-/m0/s1. The van der Waals surface area contributed by atoms with Gasteiger partial charge in [0, 0.05) is 28.1 Å². The summed E-state index contributed by atoms with van der Waals surface area (Å²) >= 11 is 0. The molecule has 18 heteroatoms. The van der Waals surface area contributed by atoms with E-state index in [4.69, 9.17) is 14.7 Å². The van der Waals surface area contributed by atoms with Crippen molar-refractivity contribution in [3.63, 3.8) is 0 Å². The molecule has 302 valence electrons. The van der Waals surface area contributed by atoms with E-state index in [0.29, 0.717) is 16.8 Å². The lowest BCUT2D eigenvalue weighted by molar-refractivity contribution is -0.117. The van der Waals surface area contributed by atoms with Crippen molar-refractivity contribution in [2.24, 2.45) is 0 Å². The topological polar surface area (TPSA) is 289 Å². The molecular formula is C42H33N7O11. The van der Waals surface area contributed by atoms with Crippen molar-refractivity contribution in [2.45, 2.75) is 12.5 Å². The van der Waals surface area contributed by atoms with Crippen LogP contribution in [-0.2, 0) is 4.79 Å². The Bertz CT molecular complexity index is 2580. The molecule has 0 aliphatic rings. The van der Waals surface area contributed by atoms with Crippen LogP contribution in [0.5, 0.6) is 23.0 Å². The van der Waals surface area contributed by atoms with Crippen molar-refractivity contribution in [1.82, 2.24) is 5.32 Å². The summed E-state index contributed by atoms with van der Waals surface area (Å²) in [4.78, 5) is 76.3. The third kappa shape index (κ3) is 9.72. The molecule has 60 heavy (non-hydrogen) atoms. The average molecular weight is 812 g/mol. The van der Waals surface area contributed by atoms with Crippen LogP contribution in [0.4, 0.5) is 22.7 Å². The highest BCUT2D eigenvalue weighted by atomic mass is 16.5. The number of carbonyl (C=O) groups excluding carboxylic acids is 5. The molecule has 5 aromatic rings. The summed E-state index contributed by atoms with van der Waals surface area (Å²) in [6.45, 7) is 0. The van der Waals surface area contributed by atoms with E-state index in [0.717, 1.165) is 13.2 Å². The number of nitrogens with one attached hydrogen (secondary N) is 5. The maximum atomic E-state index is 13.2. The number of amides is 5. The number of hydrogen-bond donors (Lipinski definition) is 8. The van der Waals surface area contributed by atoms with E-state index < -0.39 is 58.6 Å². The number of phenols is 2. The van der Waals surface area contributed by atoms with Crippen molar-refractivity contribution in [3.05, 3.63) is 130 Å². The molecule has 0 spiro atoms. The zero-order chi connectivity index (χ0) is 43.5.